The Hall–Kier alpha value is -4.19. The maximum Gasteiger partial charge on any atom is 0.295 e. The first-order valence-electron chi connectivity index (χ1n) is 10.6. The van der Waals surface area contributed by atoms with Gasteiger partial charge >= 0.3 is 0 Å². The van der Waals surface area contributed by atoms with E-state index in [-0.39, 0.29) is 17.9 Å². The molecule has 3 aromatic rings. The first-order valence-corrected chi connectivity index (χ1v) is 10.6. The lowest BCUT2D eigenvalue weighted by Gasteiger charge is -2.25. The van der Waals surface area contributed by atoms with E-state index in [2.05, 4.69) is 11.6 Å². The standard InChI is InChI=1S/C27H24N2O4/c1-3-14-33-22-8-4-7-21(15-22)24-23(25(30)20-11-9-18(2)10-12-20)26(31)27(32)29(24)17-19-6-5-13-28-16-19/h3-13,15-16,24,30H,1,14,17H2,2H3/t24-/m0/s1. The first-order chi connectivity index (χ1) is 16.0. The fraction of sp³-hybridized carbons (Fsp3) is 0.148. The number of ether oxygens (including phenoxy) is 1. The summed E-state index contributed by atoms with van der Waals surface area (Å²) in [5.41, 5.74) is 2.98. The molecule has 1 N–H and O–H groups in total. The average Bonchev–Trinajstić information content (AvgIpc) is 3.08. The van der Waals surface area contributed by atoms with Gasteiger partial charge in [-0.25, -0.2) is 0 Å². The van der Waals surface area contributed by atoms with E-state index in [4.69, 9.17) is 4.74 Å². The van der Waals surface area contributed by atoms with Crippen LogP contribution in [0.15, 0.2) is 91.3 Å². The van der Waals surface area contributed by atoms with Crippen molar-refractivity contribution in [1.29, 1.82) is 0 Å². The molecule has 0 spiro atoms. The molecular formula is C27H24N2O4. The molecule has 0 radical (unpaired) electrons. The average molecular weight is 440 g/mol. The van der Waals surface area contributed by atoms with Crippen LogP contribution in [0.2, 0.25) is 0 Å². The Morgan fingerprint density at radius 3 is 2.64 bits per heavy atom. The van der Waals surface area contributed by atoms with Crippen molar-refractivity contribution in [2.45, 2.75) is 19.5 Å². The van der Waals surface area contributed by atoms with E-state index < -0.39 is 17.7 Å². The molecule has 0 bridgehead atoms. The molecule has 0 unspecified atom stereocenters. The Bertz CT molecular complexity index is 1220. The summed E-state index contributed by atoms with van der Waals surface area (Å²) in [4.78, 5) is 31.9. The van der Waals surface area contributed by atoms with Crippen LogP contribution in [-0.4, -0.2) is 33.3 Å². The summed E-state index contributed by atoms with van der Waals surface area (Å²) in [5, 5.41) is 11.1. The highest BCUT2D eigenvalue weighted by Crippen LogP contribution is 2.41. The van der Waals surface area contributed by atoms with Crippen LogP contribution in [-0.2, 0) is 16.1 Å². The van der Waals surface area contributed by atoms with Crippen molar-refractivity contribution in [3.8, 4) is 5.75 Å². The second-order valence-corrected chi connectivity index (χ2v) is 7.83. The quantitative estimate of drug-likeness (QED) is 0.252. The molecule has 1 fully saturated rings. The summed E-state index contributed by atoms with van der Waals surface area (Å²) in [6, 6.07) is 17.2. The van der Waals surface area contributed by atoms with Gasteiger partial charge in [-0.05, 0) is 36.2 Å². The van der Waals surface area contributed by atoms with Crippen molar-refractivity contribution in [3.05, 3.63) is 114 Å². The zero-order valence-corrected chi connectivity index (χ0v) is 18.3. The van der Waals surface area contributed by atoms with Crippen LogP contribution in [0.1, 0.15) is 28.3 Å². The van der Waals surface area contributed by atoms with E-state index >= 15 is 0 Å². The fourth-order valence-corrected chi connectivity index (χ4v) is 3.87. The third-order valence-corrected chi connectivity index (χ3v) is 5.48. The number of ketones is 1. The number of rotatable bonds is 7. The number of aliphatic hydroxyl groups excluding tert-OH is 1. The Morgan fingerprint density at radius 1 is 1.15 bits per heavy atom. The molecule has 1 saturated heterocycles. The molecule has 6 nitrogen and oxygen atoms in total. The second kappa shape index (κ2) is 9.53. The largest absolute Gasteiger partial charge is 0.507 e. The molecule has 4 rings (SSSR count). The number of benzene rings is 2. The van der Waals surface area contributed by atoms with Crippen molar-refractivity contribution in [2.75, 3.05) is 6.61 Å². The molecule has 1 aromatic heterocycles. The van der Waals surface area contributed by atoms with Crippen LogP contribution in [0.4, 0.5) is 0 Å². The van der Waals surface area contributed by atoms with Crippen LogP contribution < -0.4 is 4.74 Å². The summed E-state index contributed by atoms with van der Waals surface area (Å²) < 4.78 is 5.66. The lowest BCUT2D eigenvalue weighted by Crippen LogP contribution is -2.29. The lowest BCUT2D eigenvalue weighted by molar-refractivity contribution is -0.140. The first kappa shape index (κ1) is 22.0. The highest BCUT2D eigenvalue weighted by atomic mass is 16.5. The van der Waals surface area contributed by atoms with Crippen molar-refractivity contribution in [3.63, 3.8) is 0 Å². The van der Waals surface area contributed by atoms with Gasteiger partial charge in [0.25, 0.3) is 11.7 Å². The van der Waals surface area contributed by atoms with Gasteiger partial charge in [-0.3, -0.25) is 14.6 Å². The van der Waals surface area contributed by atoms with E-state index in [1.54, 1.807) is 54.9 Å². The van der Waals surface area contributed by atoms with Gasteiger partial charge in [-0.2, -0.15) is 0 Å². The zero-order valence-electron chi connectivity index (χ0n) is 18.3. The molecule has 1 atom stereocenters. The van der Waals surface area contributed by atoms with E-state index in [9.17, 15) is 14.7 Å². The van der Waals surface area contributed by atoms with E-state index in [1.165, 1.54) is 4.90 Å². The minimum Gasteiger partial charge on any atom is -0.507 e. The number of hydrogen-bond acceptors (Lipinski definition) is 5. The molecule has 2 aromatic carbocycles. The Balaban J connectivity index is 1.84. The van der Waals surface area contributed by atoms with Crippen molar-refractivity contribution in [2.24, 2.45) is 0 Å². The number of nitrogens with zero attached hydrogens (tertiary/aromatic N) is 2. The minimum absolute atomic E-state index is 0.0496. The van der Waals surface area contributed by atoms with Gasteiger partial charge in [0, 0.05) is 24.5 Å². The van der Waals surface area contributed by atoms with Gasteiger partial charge in [-0.15, -0.1) is 0 Å². The second-order valence-electron chi connectivity index (χ2n) is 7.83. The molecule has 0 aliphatic carbocycles. The predicted molar refractivity (Wildman–Crippen MR) is 125 cm³/mol. The highest BCUT2D eigenvalue weighted by Gasteiger charge is 2.46. The van der Waals surface area contributed by atoms with Gasteiger partial charge in [-0.1, -0.05) is 60.7 Å². The maximum atomic E-state index is 13.2. The molecule has 1 aliphatic rings. The Labute approximate surface area is 192 Å². The Kier molecular flexibility index (Phi) is 6.36. The fourth-order valence-electron chi connectivity index (χ4n) is 3.87. The third kappa shape index (κ3) is 4.55. The van der Waals surface area contributed by atoms with Gasteiger partial charge in [0.2, 0.25) is 0 Å². The van der Waals surface area contributed by atoms with Crippen LogP contribution in [0.5, 0.6) is 5.75 Å². The molecule has 6 heteroatoms. The molecule has 33 heavy (non-hydrogen) atoms. The van der Waals surface area contributed by atoms with Crippen LogP contribution in [0.3, 0.4) is 0 Å². The number of amides is 1. The zero-order chi connectivity index (χ0) is 23.4. The number of Topliss-reactive ketones (excluding diaryl/α,β-unsaturated/α-hetero) is 1. The van der Waals surface area contributed by atoms with Gasteiger partial charge in [0.1, 0.15) is 18.1 Å². The molecule has 1 amide bonds. The normalized spacial score (nSPS) is 17.2. The van der Waals surface area contributed by atoms with Gasteiger partial charge in [0.05, 0.1) is 11.6 Å². The maximum absolute atomic E-state index is 13.2. The molecule has 166 valence electrons. The number of hydrogen-bond donors (Lipinski definition) is 1. The summed E-state index contributed by atoms with van der Waals surface area (Å²) in [6.45, 7) is 6.09. The third-order valence-electron chi connectivity index (χ3n) is 5.48. The number of aliphatic hydroxyl groups is 1. The number of carbonyl (C=O) groups excluding carboxylic acids is 2. The Morgan fingerprint density at radius 2 is 1.94 bits per heavy atom. The van der Waals surface area contributed by atoms with Gasteiger partial charge in [0.15, 0.2) is 0 Å². The summed E-state index contributed by atoms with van der Waals surface area (Å²) in [5.74, 6) is -1.02. The number of likely N-dealkylation sites (tertiary alicyclic amines) is 1. The van der Waals surface area contributed by atoms with E-state index in [0.717, 1.165) is 11.1 Å². The molecule has 0 saturated carbocycles. The highest BCUT2D eigenvalue weighted by molar-refractivity contribution is 6.46. The smallest absolute Gasteiger partial charge is 0.295 e. The minimum atomic E-state index is -0.779. The number of carbonyl (C=O) groups is 2. The van der Waals surface area contributed by atoms with Gasteiger partial charge < -0.3 is 14.7 Å². The van der Waals surface area contributed by atoms with Crippen molar-refractivity contribution >= 4 is 17.4 Å². The van der Waals surface area contributed by atoms with Crippen molar-refractivity contribution < 1.29 is 19.4 Å². The predicted octanol–water partition coefficient (Wildman–Crippen LogP) is 4.58. The summed E-state index contributed by atoms with van der Waals surface area (Å²) in [6.07, 6.45) is 4.94. The van der Waals surface area contributed by atoms with Crippen molar-refractivity contribution in [1.82, 2.24) is 9.88 Å². The summed E-state index contributed by atoms with van der Waals surface area (Å²) in [7, 11) is 0. The molecule has 2 heterocycles. The topological polar surface area (TPSA) is 79.7 Å². The van der Waals surface area contributed by atoms with E-state index in [1.807, 2.05) is 31.2 Å². The van der Waals surface area contributed by atoms with Crippen LogP contribution in [0.25, 0.3) is 5.76 Å². The monoisotopic (exact) mass is 440 g/mol. The number of pyridine rings is 1. The SMILES string of the molecule is C=CCOc1cccc([C@H]2C(=C(O)c3ccc(C)cc3)C(=O)C(=O)N2Cc2cccnc2)c1. The van der Waals surface area contributed by atoms with E-state index in [0.29, 0.717) is 23.5 Å². The summed E-state index contributed by atoms with van der Waals surface area (Å²) >= 11 is 0. The molecule has 1 aliphatic heterocycles. The number of aryl methyl sites for hydroxylation is 1. The number of aromatic nitrogens is 1. The van der Waals surface area contributed by atoms with Crippen LogP contribution >= 0.6 is 0 Å². The lowest BCUT2D eigenvalue weighted by atomic mass is 9.94. The molecular weight excluding hydrogens is 416 g/mol. The van der Waals surface area contributed by atoms with Crippen LogP contribution in [0, 0.1) is 6.92 Å².